The van der Waals surface area contributed by atoms with E-state index in [1.54, 1.807) is 38.1 Å². The van der Waals surface area contributed by atoms with Crippen molar-refractivity contribution >= 4 is 27.3 Å². The number of halogens is 1. The van der Waals surface area contributed by atoms with Gasteiger partial charge in [0.1, 0.15) is 6.07 Å². The van der Waals surface area contributed by atoms with Gasteiger partial charge in [-0.05, 0) is 37.1 Å². The first-order chi connectivity index (χ1) is 13.4. The highest BCUT2D eigenvalue weighted by Gasteiger charge is 2.31. The molecular weight excluding hydrogens is 394 g/mol. The molecular formula is C21H18ClN3O2S. The fourth-order valence-electron chi connectivity index (χ4n) is 2.88. The van der Waals surface area contributed by atoms with Gasteiger partial charge in [-0.3, -0.25) is 4.31 Å². The minimum atomic E-state index is -4.12. The monoisotopic (exact) mass is 411 g/mol. The van der Waals surface area contributed by atoms with Gasteiger partial charge in [0.15, 0.2) is 5.03 Å². The average Bonchev–Trinajstić information content (AvgIpc) is 2.71. The molecule has 3 rings (SSSR count). The molecule has 0 N–H and O–H groups in total. The van der Waals surface area contributed by atoms with Gasteiger partial charge in [0.25, 0.3) is 10.0 Å². The third-order valence-corrected chi connectivity index (χ3v) is 6.63. The van der Waals surface area contributed by atoms with Crippen molar-refractivity contribution < 1.29 is 8.42 Å². The van der Waals surface area contributed by atoms with E-state index in [0.717, 1.165) is 5.56 Å². The zero-order chi connectivity index (χ0) is 20.3. The lowest BCUT2D eigenvalue weighted by Gasteiger charge is -2.25. The second-order valence-corrected chi connectivity index (χ2v) is 8.42. The number of aryl methyl sites for hydroxylation is 1. The summed E-state index contributed by atoms with van der Waals surface area (Å²) >= 11 is 6.19. The van der Waals surface area contributed by atoms with E-state index in [2.05, 4.69) is 4.98 Å². The number of benzene rings is 2. The second kappa shape index (κ2) is 8.01. The molecule has 0 aliphatic carbocycles. The maximum Gasteiger partial charge on any atom is 0.283 e. The van der Waals surface area contributed by atoms with Crippen LogP contribution in [0.5, 0.6) is 0 Å². The fraction of sp³-hybridized carbons (Fsp3) is 0.143. The van der Waals surface area contributed by atoms with Crippen LogP contribution in [-0.2, 0) is 16.6 Å². The first kappa shape index (κ1) is 19.9. The van der Waals surface area contributed by atoms with E-state index in [4.69, 9.17) is 11.6 Å². The van der Waals surface area contributed by atoms with Crippen LogP contribution in [0.3, 0.4) is 0 Å². The van der Waals surface area contributed by atoms with Crippen molar-refractivity contribution in [3.8, 4) is 6.07 Å². The van der Waals surface area contributed by atoms with Crippen LogP contribution in [0, 0.1) is 25.2 Å². The van der Waals surface area contributed by atoms with Crippen LogP contribution in [0.4, 0.5) is 5.69 Å². The quantitative estimate of drug-likeness (QED) is 0.614. The number of nitrogens with zero attached hydrogens (tertiary/aromatic N) is 3. The van der Waals surface area contributed by atoms with Crippen LogP contribution in [0.25, 0.3) is 0 Å². The molecule has 0 saturated carbocycles. The molecule has 0 saturated heterocycles. The number of anilines is 1. The molecule has 0 atom stereocenters. The van der Waals surface area contributed by atoms with Crippen molar-refractivity contribution in [2.24, 2.45) is 0 Å². The standard InChI is InChI=1S/C21H18ClN3O2S/c1-15-19(13-23)21(24-16(2)20(15)22)28(26,27)25(18-11-7-4-8-12-18)14-17-9-5-3-6-10-17/h3-12H,14H2,1-2H3. The van der Waals surface area contributed by atoms with Gasteiger partial charge in [-0.2, -0.15) is 13.7 Å². The molecule has 0 fully saturated rings. The van der Waals surface area contributed by atoms with Crippen LogP contribution >= 0.6 is 11.6 Å². The molecule has 1 heterocycles. The Hall–Kier alpha value is -2.88. The fourth-order valence-corrected chi connectivity index (χ4v) is 4.65. The topological polar surface area (TPSA) is 74.1 Å². The summed E-state index contributed by atoms with van der Waals surface area (Å²) in [5.41, 5.74) is 2.04. The lowest BCUT2D eigenvalue weighted by molar-refractivity contribution is 0.585. The minimum Gasteiger partial charge on any atom is -0.261 e. The highest BCUT2D eigenvalue weighted by Crippen LogP contribution is 2.31. The number of pyridine rings is 1. The lowest BCUT2D eigenvalue weighted by Crippen LogP contribution is -2.32. The van der Waals surface area contributed by atoms with Crippen LogP contribution in [-0.4, -0.2) is 13.4 Å². The van der Waals surface area contributed by atoms with Gasteiger partial charge in [-0.15, -0.1) is 0 Å². The maximum atomic E-state index is 13.6. The second-order valence-electron chi connectivity index (χ2n) is 6.26. The largest absolute Gasteiger partial charge is 0.283 e. The summed E-state index contributed by atoms with van der Waals surface area (Å²) in [7, 11) is -4.12. The summed E-state index contributed by atoms with van der Waals surface area (Å²) < 4.78 is 28.5. The van der Waals surface area contributed by atoms with Gasteiger partial charge in [0.05, 0.1) is 28.5 Å². The first-order valence-corrected chi connectivity index (χ1v) is 10.4. The number of para-hydroxylation sites is 1. The minimum absolute atomic E-state index is 0.0374. The van der Waals surface area contributed by atoms with E-state index >= 15 is 0 Å². The van der Waals surface area contributed by atoms with Crippen LogP contribution in [0.2, 0.25) is 5.02 Å². The molecule has 0 amide bonds. The number of sulfonamides is 1. The number of hydrogen-bond donors (Lipinski definition) is 0. The summed E-state index contributed by atoms with van der Waals surface area (Å²) in [5, 5.41) is 9.60. The summed E-state index contributed by atoms with van der Waals surface area (Å²) in [6.45, 7) is 3.36. The SMILES string of the molecule is Cc1nc(S(=O)(=O)N(Cc2ccccc2)c2ccccc2)c(C#N)c(C)c1Cl. The van der Waals surface area contributed by atoms with Gasteiger partial charge in [-0.1, -0.05) is 60.1 Å². The van der Waals surface area contributed by atoms with Crippen molar-refractivity contribution in [2.75, 3.05) is 4.31 Å². The molecule has 142 valence electrons. The Morgan fingerprint density at radius 3 is 2.18 bits per heavy atom. The predicted octanol–water partition coefficient (Wildman–Crippen LogP) is 4.62. The molecule has 28 heavy (non-hydrogen) atoms. The Kier molecular flexibility index (Phi) is 5.68. The predicted molar refractivity (Wildman–Crippen MR) is 110 cm³/mol. The molecule has 5 nitrogen and oxygen atoms in total. The van der Waals surface area contributed by atoms with Crippen molar-refractivity contribution in [3.63, 3.8) is 0 Å². The van der Waals surface area contributed by atoms with Crippen LogP contribution in [0.15, 0.2) is 65.7 Å². The van der Waals surface area contributed by atoms with Gasteiger partial charge < -0.3 is 0 Å². The lowest BCUT2D eigenvalue weighted by atomic mass is 10.1. The van der Waals surface area contributed by atoms with Crippen LogP contribution in [0.1, 0.15) is 22.4 Å². The zero-order valence-corrected chi connectivity index (χ0v) is 17.0. The third kappa shape index (κ3) is 3.72. The number of hydrogen-bond acceptors (Lipinski definition) is 4. The van der Waals surface area contributed by atoms with E-state index in [0.29, 0.717) is 22.0 Å². The normalized spacial score (nSPS) is 11.1. The first-order valence-electron chi connectivity index (χ1n) is 8.54. The van der Waals surface area contributed by atoms with Crippen molar-refractivity contribution in [1.82, 2.24) is 4.98 Å². The smallest absolute Gasteiger partial charge is 0.261 e. The summed E-state index contributed by atoms with van der Waals surface area (Å²) in [6.07, 6.45) is 0. The number of nitriles is 1. The molecule has 0 unspecified atom stereocenters. The van der Waals surface area contributed by atoms with Crippen LogP contribution < -0.4 is 4.31 Å². The highest BCUT2D eigenvalue weighted by molar-refractivity contribution is 7.92. The number of rotatable bonds is 5. The molecule has 0 aliphatic rings. The Bertz CT molecular complexity index is 1140. The Morgan fingerprint density at radius 2 is 1.61 bits per heavy atom. The van der Waals surface area contributed by atoms with E-state index in [-0.39, 0.29) is 17.1 Å². The number of aromatic nitrogens is 1. The molecule has 0 radical (unpaired) electrons. The average molecular weight is 412 g/mol. The zero-order valence-electron chi connectivity index (χ0n) is 15.4. The maximum absolute atomic E-state index is 13.6. The van der Waals surface area contributed by atoms with E-state index in [1.807, 2.05) is 42.5 Å². The van der Waals surface area contributed by atoms with E-state index < -0.39 is 10.0 Å². The molecule has 7 heteroatoms. The molecule has 0 bridgehead atoms. The Balaban J connectivity index is 2.21. The van der Waals surface area contributed by atoms with Gasteiger partial charge in [-0.25, -0.2) is 4.98 Å². The highest BCUT2D eigenvalue weighted by atomic mass is 35.5. The van der Waals surface area contributed by atoms with E-state index in [9.17, 15) is 13.7 Å². The molecule has 2 aromatic carbocycles. The summed E-state index contributed by atoms with van der Waals surface area (Å²) in [4.78, 5) is 4.18. The van der Waals surface area contributed by atoms with Crippen molar-refractivity contribution in [2.45, 2.75) is 25.4 Å². The Labute approximate surface area is 169 Å². The van der Waals surface area contributed by atoms with Crippen molar-refractivity contribution in [1.29, 1.82) is 5.26 Å². The Morgan fingerprint density at radius 1 is 1.04 bits per heavy atom. The summed E-state index contributed by atoms with van der Waals surface area (Å²) in [6, 6.07) is 20.0. The van der Waals surface area contributed by atoms with Gasteiger partial charge >= 0.3 is 0 Å². The van der Waals surface area contributed by atoms with Crippen molar-refractivity contribution in [3.05, 3.63) is 88.1 Å². The molecule has 0 spiro atoms. The molecule has 3 aromatic rings. The van der Waals surface area contributed by atoms with Gasteiger partial charge in [0, 0.05) is 0 Å². The molecule has 1 aromatic heterocycles. The third-order valence-electron chi connectivity index (χ3n) is 4.36. The molecule has 0 aliphatic heterocycles. The van der Waals surface area contributed by atoms with Gasteiger partial charge in [0.2, 0.25) is 0 Å². The van der Waals surface area contributed by atoms with E-state index in [1.165, 1.54) is 4.31 Å². The summed E-state index contributed by atoms with van der Waals surface area (Å²) in [5.74, 6) is 0.